The Morgan fingerprint density at radius 3 is 1.41 bits per heavy atom. The van der Waals surface area contributed by atoms with Crippen LogP contribution in [0, 0.1) is 0 Å². The van der Waals surface area contributed by atoms with Gasteiger partial charge in [0.15, 0.2) is 0 Å². The summed E-state index contributed by atoms with van der Waals surface area (Å²) in [6.45, 7) is 6.26. The maximum Gasteiger partial charge on any atom is 0.416 e. The molecule has 0 aromatic heterocycles. The van der Waals surface area contributed by atoms with E-state index >= 15 is 0 Å². The zero-order valence-electron chi connectivity index (χ0n) is 10.6. The molecule has 0 nitrogen and oxygen atoms in total. The molecule has 0 saturated heterocycles. The standard InChI is InChI=1S/C14H19F3/c1-4-13(5-2,6-3)11-7-9-12(10-8-11)14(15,16)17/h7-10H,4-6H2,1-3H3. The molecule has 0 unspecified atom stereocenters. The SMILES string of the molecule is CCC(CC)(CC)c1ccc(C(F)(F)F)cc1. The summed E-state index contributed by atoms with van der Waals surface area (Å²) in [5.74, 6) is 0. The van der Waals surface area contributed by atoms with Gasteiger partial charge in [-0.15, -0.1) is 0 Å². The number of benzene rings is 1. The van der Waals surface area contributed by atoms with E-state index in [9.17, 15) is 13.2 Å². The highest BCUT2D eigenvalue weighted by Crippen LogP contribution is 2.37. The minimum absolute atomic E-state index is 0.0180. The summed E-state index contributed by atoms with van der Waals surface area (Å²) in [4.78, 5) is 0. The van der Waals surface area contributed by atoms with Crippen LogP contribution in [0.25, 0.3) is 0 Å². The van der Waals surface area contributed by atoms with Crippen molar-refractivity contribution in [2.24, 2.45) is 0 Å². The van der Waals surface area contributed by atoms with Crippen molar-refractivity contribution in [1.29, 1.82) is 0 Å². The zero-order chi connectivity index (χ0) is 13.1. The first-order chi connectivity index (χ1) is 7.89. The van der Waals surface area contributed by atoms with Gasteiger partial charge in [-0.2, -0.15) is 13.2 Å². The van der Waals surface area contributed by atoms with Crippen molar-refractivity contribution >= 4 is 0 Å². The molecule has 0 aliphatic carbocycles. The van der Waals surface area contributed by atoms with Crippen LogP contribution in [-0.2, 0) is 11.6 Å². The molecule has 0 atom stereocenters. The minimum Gasteiger partial charge on any atom is -0.166 e. The Hall–Kier alpha value is -0.990. The Bertz CT molecular complexity index is 336. The Morgan fingerprint density at radius 1 is 0.765 bits per heavy atom. The lowest BCUT2D eigenvalue weighted by molar-refractivity contribution is -0.137. The molecule has 1 aromatic carbocycles. The molecular weight excluding hydrogens is 225 g/mol. The molecule has 0 aliphatic heterocycles. The van der Waals surface area contributed by atoms with Gasteiger partial charge < -0.3 is 0 Å². The Balaban J connectivity index is 3.09. The van der Waals surface area contributed by atoms with Gasteiger partial charge in [0.25, 0.3) is 0 Å². The summed E-state index contributed by atoms with van der Waals surface area (Å²) in [5.41, 5.74) is 0.459. The molecule has 3 heteroatoms. The molecule has 0 spiro atoms. The van der Waals surface area contributed by atoms with E-state index in [4.69, 9.17) is 0 Å². The highest BCUT2D eigenvalue weighted by atomic mass is 19.4. The molecule has 0 aliphatic rings. The van der Waals surface area contributed by atoms with Crippen molar-refractivity contribution in [3.05, 3.63) is 35.4 Å². The topological polar surface area (TPSA) is 0 Å². The van der Waals surface area contributed by atoms with Crippen LogP contribution in [0.3, 0.4) is 0 Å². The average molecular weight is 244 g/mol. The normalized spacial score (nSPS) is 12.8. The molecule has 1 rings (SSSR count). The number of halogens is 3. The lowest BCUT2D eigenvalue weighted by Gasteiger charge is -2.31. The van der Waals surface area contributed by atoms with E-state index in [1.807, 2.05) is 0 Å². The molecule has 0 saturated carbocycles. The van der Waals surface area contributed by atoms with E-state index < -0.39 is 11.7 Å². The van der Waals surface area contributed by atoms with Gasteiger partial charge in [-0.1, -0.05) is 32.9 Å². The van der Waals surface area contributed by atoms with Crippen LogP contribution in [-0.4, -0.2) is 0 Å². The highest BCUT2D eigenvalue weighted by molar-refractivity contribution is 5.30. The second-order valence-corrected chi connectivity index (χ2v) is 4.42. The summed E-state index contributed by atoms with van der Waals surface area (Å²) >= 11 is 0. The van der Waals surface area contributed by atoms with E-state index in [0.717, 1.165) is 24.8 Å². The maximum atomic E-state index is 12.5. The summed E-state index contributed by atoms with van der Waals surface area (Å²) < 4.78 is 37.4. The second kappa shape index (κ2) is 5.11. The first-order valence-electron chi connectivity index (χ1n) is 6.07. The molecule has 1 aromatic rings. The zero-order valence-corrected chi connectivity index (χ0v) is 10.6. The summed E-state index contributed by atoms with van der Waals surface area (Å²) in [6.07, 6.45) is -1.39. The first-order valence-corrected chi connectivity index (χ1v) is 6.07. The van der Waals surface area contributed by atoms with Crippen LogP contribution in [0.4, 0.5) is 13.2 Å². The Morgan fingerprint density at radius 2 is 1.12 bits per heavy atom. The van der Waals surface area contributed by atoms with E-state index in [2.05, 4.69) is 20.8 Å². The van der Waals surface area contributed by atoms with Crippen LogP contribution < -0.4 is 0 Å². The van der Waals surface area contributed by atoms with Gasteiger partial charge in [0.2, 0.25) is 0 Å². The fourth-order valence-corrected chi connectivity index (χ4v) is 2.38. The van der Waals surface area contributed by atoms with Crippen molar-refractivity contribution in [3.63, 3.8) is 0 Å². The van der Waals surface area contributed by atoms with Crippen molar-refractivity contribution in [3.8, 4) is 0 Å². The first kappa shape index (κ1) is 14.1. The number of rotatable bonds is 4. The summed E-state index contributed by atoms with van der Waals surface area (Å²) in [5, 5.41) is 0. The summed E-state index contributed by atoms with van der Waals surface area (Å²) in [6, 6.07) is 5.62. The van der Waals surface area contributed by atoms with Gasteiger partial charge in [0.1, 0.15) is 0 Å². The lowest BCUT2D eigenvalue weighted by Crippen LogP contribution is -2.23. The molecule has 96 valence electrons. The molecule has 0 N–H and O–H groups in total. The third-order valence-corrected chi connectivity index (χ3v) is 3.85. The lowest BCUT2D eigenvalue weighted by atomic mass is 9.74. The van der Waals surface area contributed by atoms with E-state index in [0.29, 0.717) is 0 Å². The van der Waals surface area contributed by atoms with Crippen molar-refractivity contribution in [1.82, 2.24) is 0 Å². The van der Waals surface area contributed by atoms with Gasteiger partial charge in [-0.05, 0) is 42.4 Å². The molecule has 0 fully saturated rings. The Labute approximate surface area is 101 Å². The number of hydrogen-bond donors (Lipinski definition) is 0. The number of alkyl halides is 3. The molecule has 0 amide bonds. The monoisotopic (exact) mass is 244 g/mol. The van der Waals surface area contributed by atoms with Crippen LogP contribution in [0.5, 0.6) is 0 Å². The average Bonchev–Trinajstić information content (AvgIpc) is 2.32. The van der Waals surface area contributed by atoms with Crippen molar-refractivity contribution in [2.45, 2.75) is 51.6 Å². The largest absolute Gasteiger partial charge is 0.416 e. The smallest absolute Gasteiger partial charge is 0.166 e. The van der Waals surface area contributed by atoms with Gasteiger partial charge in [0, 0.05) is 0 Å². The predicted molar refractivity (Wildman–Crippen MR) is 64.0 cm³/mol. The van der Waals surface area contributed by atoms with Gasteiger partial charge >= 0.3 is 6.18 Å². The van der Waals surface area contributed by atoms with Gasteiger partial charge in [-0.25, -0.2) is 0 Å². The van der Waals surface area contributed by atoms with Gasteiger partial charge in [-0.3, -0.25) is 0 Å². The van der Waals surface area contributed by atoms with E-state index in [1.54, 1.807) is 12.1 Å². The third kappa shape index (κ3) is 2.82. The molecule has 0 heterocycles. The van der Waals surface area contributed by atoms with E-state index in [1.165, 1.54) is 12.1 Å². The van der Waals surface area contributed by atoms with Gasteiger partial charge in [0.05, 0.1) is 5.56 Å². The number of hydrogen-bond acceptors (Lipinski definition) is 0. The molecule has 0 bridgehead atoms. The maximum absolute atomic E-state index is 12.5. The van der Waals surface area contributed by atoms with Crippen LogP contribution in [0.2, 0.25) is 0 Å². The Kier molecular flexibility index (Phi) is 4.23. The van der Waals surface area contributed by atoms with Crippen LogP contribution >= 0.6 is 0 Å². The highest BCUT2D eigenvalue weighted by Gasteiger charge is 2.32. The van der Waals surface area contributed by atoms with E-state index in [-0.39, 0.29) is 5.41 Å². The molecule has 17 heavy (non-hydrogen) atoms. The molecular formula is C14H19F3. The fourth-order valence-electron chi connectivity index (χ4n) is 2.38. The molecule has 0 radical (unpaired) electrons. The van der Waals surface area contributed by atoms with Crippen molar-refractivity contribution < 1.29 is 13.2 Å². The quantitative estimate of drug-likeness (QED) is 0.685. The van der Waals surface area contributed by atoms with Crippen molar-refractivity contribution in [2.75, 3.05) is 0 Å². The third-order valence-electron chi connectivity index (χ3n) is 3.85. The fraction of sp³-hybridized carbons (Fsp3) is 0.571. The minimum atomic E-state index is -4.24. The summed E-state index contributed by atoms with van der Waals surface area (Å²) in [7, 11) is 0. The van der Waals surface area contributed by atoms with Crippen LogP contribution in [0.1, 0.15) is 51.2 Å². The van der Waals surface area contributed by atoms with Crippen LogP contribution in [0.15, 0.2) is 24.3 Å². The second-order valence-electron chi connectivity index (χ2n) is 4.42. The predicted octanol–water partition coefficient (Wildman–Crippen LogP) is 5.17.